The third-order valence-corrected chi connectivity index (χ3v) is 3.17. The van der Waals surface area contributed by atoms with Gasteiger partial charge in [-0.25, -0.2) is 5.01 Å². The van der Waals surface area contributed by atoms with Crippen LogP contribution in [0.15, 0.2) is 18.2 Å². The number of hydrazine groups is 1. The minimum Gasteiger partial charge on any atom is -0.317 e. The first-order valence-corrected chi connectivity index (χ1v) is 5.90. The summed E-state index contributed by atoms with van der Waals surface area (Å²) in [6, 6.07) is 8.03. The second kappa shape index (κ2) is 5.17. The molecule has 1 aliphatic heterocycles. The van der Waals surface area contributed by atoms with Crippen molar-refractivity contribution in [1.82, 2.24) is 9.91 Å². The van der Waals surface area contributed by atoms with Gasteiger partial charge in [-0.15, -0.1) is 0 Å². The summed E-state index contributed by atoms with van der Waals surface area (Å²) in [7, 11) is 2.13. The normalized spacial score (nSPS) is 17.7. The molecule has 1 N–H and O–H groups in total. The molecule has 0 aromatic heterocycles. The average Bonchev–Trinajstić information content (AvgIpc) is 2.34. The molecule has 17 heavy (non-hydrogen) atoms. The average molecular weight is 230 g/mol. The minimum atomic E-state index is 0.712. The van der Waals surface area contributed by atoms with Crippen molar-refractivity contribution in [1.29, 1.82) is 5.26 Å². The zero-order valence-corrected chi connectivity index (χ0v) is 10.4. The predicted molar refractivity (Wildman–Crippen MR) is 68.6 cm³/mol. The van der Waals surface area contributed by atoms with Gasteiger partial charge in [0.25, 0.3) is 0 Å². The van der Waals surface area contributed by atoms with Gasteiger partial charge in [-0.1, -0.05) is 12.1 Å². The Balaban J connectivity index is 2.11. The fourth-order valence-corrected chi connectivity index (χ4v) is 1.99. The van der Waals surface area contributed by atoms with E-state index in [0.29, 0.717) is 5.56 Å². The van der Waals surface area contributed by atoms with Crippen LogP contribution in [-0.4, -0.2) is 43.1 Å². The highest BCUT2D eigenvalue weighted by Crippen LogP contribution is 2.20. The maximum absolute atomic E-state index is 9.10. The molecule has 4 nitrogen and oxygen atoms in total. The highest BCUT2D eigenvalue weighted by Gasteiger charge is 2.15. The van der Waals surface area contributed by atoms with E-state index in [1.54, 1.807) is 0 Å². The van der Waals surface area contributed by atoms with E-state index in [1.807, 2.05) is 25.1 Å². The number of benzene rings is 1. The second-order valence-electron chi connectivity index (χ2n) is 4.51. The number of nitrogens with zero attached hydrogens (tertiary/aromatic N) is 3. The summed E-state index contributed by atoms with van der Waals surface area (Å²) < 4.78 is 0. The smallest absolute Gasteiger partial charge is 0.101 e. The Morgan fingerprint density at radius 3 is 2.59 bits per heavy atom. The molecule has 0 spiro atoms. The quantitative estimate of drug-likeness (QED) is 0.835. The van der Waals surface area contributed by atoms with Gasteiger partial charge < -0.3 is 10.3 Å². The third-order valence-electron chi connectivity index (χ3n) is 3.17. The monoisotopic (exact) mass is 230 g/mol. The van der Waals surface area contributed by atoms with E-state index < -0.39 is 0 Å². The van der Waals surface area contributed by atoms with E-state index in [-0.39, 0.29) is 0 Å². The lowest BCUT2D eigenvalue weighted by atomic mass is 10.1. The first-order valence-electron chi connectivity index (χ1n) is 5.90. The lowest BCUT2D eigenvalue weighted by Crippen LogP contribution is -2.47. The highest BCUT2D eigenvalue weighted by molar-refractivity contribution is 5.61. The van der Waals surface area contributed by atoms with Crippen molar-refractivity contribution < 1.29 is 0 Å². The Kier molecular flexibility index (Phi) is 3.62. The zero-order chi connectivity index (χ0) is 12.3. The third kappa shape index (κ3) is 2.76. The Bertz CT molecular complexity index is 428. The van der Waals surface area contributed by atoms with Gasteiger partial charge in [0.15, 0.2) is 0 Å². The fourth-order valence-electron chi connectivity index (χ4n) is 1.99. The lowest BCUT2D eigenvalue weighted by Gasteiger charge is -2.33. The molecule has 0 saturated carbocycles. The van der Waals surface area contributed by atoms with Crippen LogP contribution in [0.4, 0.5) is 5.69 Å². The van der Waals surface area contributed by atoms with E-state index in [1.165, 1.54) is 0 Å². The number of rotatable bonds is 2. The number of aryl methyl sites for hydroxylation is 1. The molecular weight excluding hydrogens is 212 g/mol. The number of piperazine rings is 1. The van der Waals surface area contributed by atoms with Gasteiger partial charge in [0, 0.05) is 26.2 Å². The van der Waals surface area contributed by atoms with Crippen LogP contribution >= 0.6 is 0 Å². The standard InChI is InChI=1S/C13H18N4/c1-11-4-3-5-12(10-14)13(11)15-17-8-6-16(2)7-9-17/h3-5,15H,6-9H2,1-2H3. The number of hydrogen-bond donors (Lipinski definition) is 1. The number of hydrogen-bond acceptors (Lipinski definition) is 4. The first kappa shape index (κ1) is 11.9. The van der Waals surface area contributed by atoms with Gasteiger partial charge in [0.2, 0.25) is 0 Å². The molecule has 1 heterocycles. The molecule has 0 aliphatic carbocycles. The van der Waals surface area contributed by atoms with E-state index >= 15 is 0 Å². The molecule has 1 fully saturated rings. The maximum Gasteiger partial charge on any atom is 0.101 e. The SMILES string of the molecule is Cc1cccc(C#N)c1NN1CCN(C)CC1. The highest BCUT2D eigenvalue weighted by atomic mass is 15.5. The molecule has 0 unspecified atom stereocenters. The Hall–Kier alpha value is -1.57. The molecule has 1 aliphatic rings. The second-order valence-corrected chi connectivity index (χ2v) is 4.51. The first-order chi connectivity index (χ1) is 8.20. The Morgan fingerprint density at radius 1 is 1.24 bits per heavy atom. The summed E-state index contributed by atoms with van der Waals surface area (Å²) in [5.41, 5.74) is 6.14. The van der Waals surface area contributed by atoms with Gasteiger partial charge in [-0.05, 0) is 25.6 Å². The molecule has 0 bridgehead atoms. The molecule has 0 radical (unpaired) electrons. The number of anilines is 1. The lowest BCUT2D eigenvalue weighted by molar-refractivity contribution is 0.179. The Morgan fingerprint density at radius 2 is 1.94 bits per heavy atom. The minimum absolute atomic E-state index is 0.712. The summed E-state index contributed by atoms with van der Waals surface area (Å²) in [6.45, 7) is 6.10. The molecular formula is C13H18N4. The molecule has 1 aromatic carbocycles. The zero-order valence-electron chi connectivity index (χ0n) is 10.4. The fraction of sp³-hybridized carbons (Fsp3) is 0.462. The van der Waals surface area contributed by atoms with Gasteiger partial charge in [0.1, 0.15) is 6.07 Å². The van der Waals surface area contributed by atoms with Crippen LogP contribution in [0.2, 0.25) is 0 Å². The van der Waals surface area contributed by atoms with Crippen LogP contribution < -0.4 is 5.43 Å². The van der Waals surface area contributed by atoms with E-state index in [4.69, 9.17) is 5.26 Å². The van der Waals surface area contributed by atoms with Crippen molar-refractivity contribution in [2.24, 2.45) is 0 Å². The van der Waals surface area contributed by atoms with Crippen molar-refractivity contribution in [2.45, 2.75) is 6.92 Å². The van der Waals surface area contributed by atoms with Crippen LogP contribution in [0.3, 0.4) is 0 Å². The van der Waals surface area contributed by atoms with Crippen LogP contribution in [0.1, 0.15) is 11.1 Å². The summed E-state index contributed by atoms with van der Waals surface area (Å²) in [5, 5.41) is 11.3. The van der Waals surface area contributed by atoms with Crippen molar-refractivity contribution in [3.05, 3.63) is 29.3 Å². The van der Waals surface area contributed by atoms with Crippen molar-refractivity contribution >= 4 is 5.69 Å². The van der Waals surface area contributed by atoms with Crippen LogP contribution in [0, 0.1) is 18.3 Å². The van der Waals surface area contributed by atoms with Crippen LogP contribution in [0.5, 0.6) is 0 Å². The molecule has 0 amide bonds. The van der Waals surface area contributed by atoms with E-state index in [9.17, 15) is 0 Å². The van der Waals surface area contributed by atoms with Crippen molar-refractivity contribution in [3.8, 4) is 6.07 Å². The number of nitriles is 1. The summed E-state index contributed by atoms with van der Waals surface area (Å²) in [6.07, 6.45) is 0. The molecule has 90 valence electrons. The molecule has 1 aromatic rings. The van der Waals surface area contributed by atoms with Crippen molar-refractivity contribution in [2.75, 3.05) is 38.7 Å². The summed E-state index contributed by atoms with van der Waals surface area (Å²) in [5.74, 6) is 0. The largest absolute Gasteiger partial charge is 0.317 e. The van der Waals surface area contributed by atoms with E-state index in [0.717, 1.165) is 37.4 Å². The molecule has 1 saturated heterocycles. The van der Waals surface area contributed by atoms with Crippen molar-refractivity contribution in [3.63, 3.8) is 0 Å². The number of para-hydroxylation sites is 1. The predicted octanol–water partition coefficient (Wildman–Crippen LogP) is 1.44. The Labute approximate surface area is 102 Å². The summed E-state index contributed by atoms with van der Waals surface area (Å²) >= 11 is 0. The number of likely N-dealkylation sites (N-methyl/N-ethyl adjacent to an activating group) is 1. The summed E-state index contributed by atoms with van der Waals surface area (Å²) in [4.78, 5) is 2.31. The molecule has 0 atom stereocenters. The van der Waals surface area contributed by atoms with Crippen LogP contribution in [-0.2, 0) is 0 Å². The maximum atomic E-state index is 9.10. The van der Waals surface area contributed by atoms with Crippen LogP contribution in [0.25, 0.3) is 0 Å². The van der Waals surface area contributed by atoms with Gasteiger partial charge in [0.05, 0.1) is 11.3 Å². The topological polar surface area (TPSA) is 42.3 Å². The van der Waals surface area contributed by atoms with Gasteiger partial charge in [-0.2, -0.15) is 5.26 Å². The van der Waals surface area contributed by atoms with E-state index in [2.05, 4.69) is 28.5 Å². The molecule has 2 rings (SSSR count). The number of nitrogens with one attached hydrogen (secondary N) is 1. The van der Waals surface area contributed by atoms with Gasteiger partial charge in [-0.3, -0.25) is 0 Å². The van der Waals surface area contributed by atoms with Gasteiger partial charge >= 0.3 is 0 Å². The molecule has 4 heteroatoms.